The molecule has 1 aromatic rings. The molecule has 0 aliphatic carbocycles. The average Bonchev–Trinajstić information content (AvgIpc) is 2.45. The van der Waals surface area contributed by atoms with E-state index in [0.29, 0.717) is 11.3 Å². The van der Waals surface area contributed by atoms with Crippen LogP contribution in [0.15, 0.2) is 24.3 Å². The zero-order chi connectivity index (χ0) is 16.2. The van der Waals surface area contributed by atoms with Crippen LogP contribution in [0.1, 0.15) is 26.3 Å². The second-order valence-electron chi connectivity index (χ2n) is 5.66. The van der Waals surface area contributed by atoms with Crippen LogP contribution in [-0.4, -0.2) is 46.1 Å². The van der Waals surface area contributed by atoms with Crippen molar-refractivity contribution in [2.75, 3.05) is 19.0 Å². The highest BCUT2D eigenvalue weighted by molar-refractivity contribution is 7.80. The monoisotopic (exact) mass is 309 g/mol. The fraction of sp³-hybridized carbons (Fsp3) is 0.467. The Balaban J connectivity index is 2.89. The summed E-state index contributed by atoms with van der Waals surface area (Å²) >= 11 is 4.98. The van der Waals surface area contributed by atoms with E-state index in [1.54, 1.807) is 26.1 Å². The molecule has 21 heavy (non-hydrogen) atoms. The van der Waals surface area contributed by atoms with E-state index in [1.165, 1.54) is 0 Å². The molecule has 0 radical (unpaired) electrons. The number of anilines is 1. The number of thiocarbonyl (C=S) groups is 1. The summed E-state index contributed by atoms with van der Waals surface area (Å²) in [4.78, 5) is 14.4. The van der Waals surface area contributed by atoms with Crippen LogP contribution < -0.4 is 11.1 Å². The first-order chi connectivity index (χ1) is 9.70. The highest BCUT2D eigenvalue weighted by Crippen LogP contribution is 2.18. The quantitative estimate of drug-likeness (QED) is 0.691. The molecule has 1 aromatic carbocycles. The molecule has 116 valence electrons. The van der Waals surface area contributed by atoms with Crippen molar-refractivity contribution in [2.45, 2.75) is 32.4 Å². The van der Waals surface area contributed by atoms with Gasteiger partial charge in [-0.25, -0.2) is 0 Å². The number of aliphatic hydroxyl groups excluding tert-OH is 1. The van der Waals surface area contributed by atoms with Crippen molar-refractivity contribution in [1.29, 1.82) is 0 Å². The smallest absolute Gasteiger partial charge is 0.241 e. The van der Waals surface area contributed by atoms with Crippen molar-refractivity contribution >= 4 is 28.8 Å². The van der Waals surface area contributed by atoms with Gasteiger partial charge in [0.15, 0.2) is 0 Å². The molecule has 0 aliphatic heterocycles. The average molecular weight is 309 g/mol. The number of para-hydroxylation sites is 1. The number of nitrogens with two attached hydrogens (primary N) is 1. The van der Waals surface area contributed by atoms with Gasteiger partial charge in [0.1, 0.15) is 4.99 Å². The number of aliphatic hydroxyl groups is 1. The Hall–Kier alpha value is -1.50. The van der Waals surface area contributed by atoms with E-state index < -0.39 is 11.6 Å². The van der Waals surface area contributed by atoms with Crippen LogP contribution in [-0.2, 0) is 4.79 Å². The summed E-state index contributed by atoms with van der Waals surface area (Å²) in [6.07, 6.45) is 0. The zero-order valence-electron chi connectivity index (χ0n) is 12.9. The number of hydrogen-bond donors (Lipinski definition) is 3. The summed E-state index contributed by atoms with van der Waals surface area (Å²) in [5, 5.41) is 12.2. The molecule has 0 fully saturated rings. The number of carbonyl (C=O) groups excluding carboxylic acids is 1. The molecule has 1 atom stereocenters. The van der Waals surface area contributed by atoms with Crippen LogP contribution in [0.4, 0.5) is 5.69 Å². The number of benzene rings is 1. The molecular weight excluding hydrogens is 286 g/mol. The summed E-state index contributed by atoms with van der Waals surface area (Å²) in [6.45, 7) is 5.50. The molecule has 6 heteroatoms. The number of hydrogen-bond acceptors (Lipinski definition) is 4. The summed E-state index contributed by atoms with van der Waals surface area (Å²) < 4.78 is 0. The van der Waals surface area contributed by atoms with Crippen LogP contribution in [0, 0.1) is 0 Å². The van der Waals surface area contributed by atoms with Crippen molar-refractivity contribution < 1.29 is 9.90 Å². The van der Waals surface area contributed by atoms with E-state index in [2.05, 4.69) is 5.32 Å². The topological polar surface area (TPSA) is 78.6 Å². The Kier molecular flexibility index (Phi) is 5.83. The van der Waals surface area contributed by atoms with Gasteiger partial charge in [-0.15, -0.1) is 0 Å². The molecular formula is C15H23N3O2S. The molecule has 1 amide bonds. The predicted molar refractivity (Wildman–Crippen MR) is 89.3 cm³/mol. The Morgan fingerprint density at radius 1 is 1.48 bits per heavy atom. The minimum atomic E-state index is -0.487. The molecule has 1 rings (SSSR count). The molecule has 5 nitrogen and oxygen atoms in total. The molecule has 4 N–H and O–H groups in total. The molecule has 0 heterocycles. The Bertz CT molecular complexity index is 531. The number of likely N-dealkylation sites (N-methyl/N-ethyl adjacent to an activating group) is 1. The molecule has 0 aromatic heterocycles. The summed E-state index contributed by atoms with van der Waals surface area (Å²) in [5.74, 6) is -0.178. The van der Waals surface area contributed by atoms with E-state index in [1.807, 2.05) is 30.9 Å². The largest absolute Gasteiger partial charge is 0.394 e. The van der Waals surface area contributed by atoms with Crippen LogP contribution >= 0.6 is 12.2 Å². The fourth-order valence-electron chi connectivity index (χ4n) is 1.86. The van der Waals surface area contributed by atoms with Gasteiger partial charge in [0.2, 0.25) is 5.91 Å². The summed E-state index contributed by atoms with van der Waals surface area (Å²) in [5.41, 5.74) is 6.40. The van der Waals surface area contributed by atoms with Gasteiger partial charge in [0.05, 0.1) is 18.3 Å². The molecule has 1 unspecified atom stereocenters. The van der Waals surface area contributed by atoms with Crippen LogP contribution in [0.5, 0.6) is 0 Å². The molecule has 0 saturated heterocycles. The number of nitrogens with one attached hydrogen (secondary N) is 1. The van der Waals surface area contributed by atoms with Crippen molar-refractivity contribution in [3.8, 4) is 0 Å². The number of nitrogens with zero attached hydrogens (tertiary/aromatic N) is 1. The normalized spacial score (nSPS) is 13.0. The van der Waals surface area contributed by atoms with Crippen LogP contribution in [0.2, 0.25) is 0 Å². The van der Waals surface area contributed by atoms with E-state index >= 15 is 0 Å². The highest BCUT2D eigenvalue weighted by Gasteiger charge is 2.30. The first-order valence-electron chi connectivity index (χ1n) is 6.74. The zero-order valence-corrected chi connectivity index (χ0v) is 13.7. The highest BCUT2D eigenvalue weighted by atomic mass is 32.1. The Labute approximate surface area is 131 Å². The minimum absolute atomic E-state index is 0.0371. The summed E-state index contributed by atoms with van der Waals surface area (Å²) in [7, 11) is 1.81. The van der Waals surface area contributed by atoms with E-state index in [9.17, 15) is 9.90 Å². The van der Waals surface area contributed by atoms with Gasteiger partial charge in [-0.2, -0.15) is 0 Å². The lowest BCUT2D eigenvalue weighted by Gasteiger charge is -2.37. The Morgan fingerprint density at radius 3 is 2.57 bits per heavy atom. The van der Waals surface area contributed by atoms with Gasteiger partial charge < -0.3 is 16.2 Å². The van der Waals surface area contributed by atoms with Crippen molar-refractivity contribution in [1.82, 2.24) is 4.90 Å². The maximum atomic E-state index is 12.4. The lowest BCUT2D eigenvalue weighted by molar-refractivity contribution is -0.122. The number of amides is 1. The Morgan fingerprint density at radius 2 is 2.05 bits per heavy atom. The predicted octanol–water partition coefficient (Wildman–Crippen LogP) is 1.35. The first-order valence-corrected chi connectivity index (χ1v) is 7.15. The third-order valence-electron chi connectivity index (χ3n) is 3.75. The minimum Gasteiger partial charge on any atom is -0.394 e. The standard InChI is InChI=1S/C15H23N3O2S/c1-10(18(4)15(2,3)9-19)14(20)17-12-8-6-5-7-11(12)13(16)21/h5-8,10,19H,9H2,1-4H3,(H2,16,21)(H,17,20). The van der Waals surface area contributed by atoms with Crippen molar-refractivity contribution in [2.24, 2.45) is 5.73 Å². The van der Waals surface area contributed by atoms with Gasteiger partial charge in [-0.3, -0.25) is 9.69 Å². The third-order valence-corrected chi connectivity index (χ3v) is 3.97. The lowest BCUT2D eigenvalue weighted by atomic mass is 10.0. The van der Waals surface area contributed by atoms with E-state index in [0.717, 1.165) is 0 Å². The fourth-order valence-corrected chi connectivity index (χ4v) is 2.03. The third kappa shape index (κ3) is 4.23. The van der Waals surface area contributed by atoms with Gasteiger partial charge in [0, 0.05) is 11.1 Å². The molecule has 0 spiro atoms. The molecule has 0 bridgehead atoms. The van der Waals surface area contributed by atoms with Gasteiger partial charge >= 0.3 is 0 Å². The van der Waals surface area contributed by atoms with Gasteiger partial charge in [-0.05, 0) is 40.0 Å². The van der Waals surface area contributed by atoms with Crippen molar-refractivity contribution in [3.05, 3.63) is 29.8 Å². The van der Waals surface area contributed by atoms with Crippen LogP contribution in [0.3, 0.4) is 0 Å². The van der Waals surface area contributed by atoms with E-state index in [4.69, 9.17) is 18.0 Å². The SMILES string of the molecule is CC(C(=O)Nc1ccccc1C(N)=S)N(C)C(C)(C)CO. The maximum absolute atomic E-state index is 12.4. The first kappa shape index (κ1) is 17.6. The van der Waals surface area contributed by atoms with Crippen LogP contribution in [0.25, 0.3) is 0 Å². The molecule has 0 aliphatic rings. The maximum Gasteiger partial charge on any atom is 0.241 e. The van der Waals surface area contributed by atoms with Gasteiger partial charge in [0.25, 0.3) is 0 Å². The molecule has 0 saturated carbocycles. The number of carbonyl (C=O) groups is 1. The number of rotatable bonds is 6. The second-order valence-corrected chi connectivity index (χ2v) is 6.10. The second kappa shape index (κ2) is 6.98. The van der Waals surface area contributed by atoms with Crippen molar-refractivity contribution in [3.63, 3.8) is 0 Å². The summed E-state index contributed by atoms with van der Waals surface area (Å²) in [6, 6.07) is 6.74. The van der Waals surface area contributed by atoms with E-state index in [-0.39, 0.29) is 17.5 Å². The van der Waals surface area contributed by atoms with Gasteiger partial charge in [-0.1, -0.05) is 24.4 Å². The lowest BCUT2D eigenvalue weighted by Crippen LogP contribution is -2.52.